The van der Waals surface area contributed by atoms with Crippen LogP contribution in [0.25, 0.3) is 0 Å². The van der Waals surface area contributed by atoms with Gasteiger partial charge in [-0.15, -0.1) is 5.01 Å². The summed E-state index contributed by atoms with van der Waals surface area (Å²) in [5.41, 5.74) is 0. The second-order valence-electron chi connectivity index (χ2n) is 5.11. The summed E-state index contributed by atoms with van der Waals surface area (Å²) in [4.78, 5) is 11.7. The Kier molecular flexibility index (Phi) is 3.03. The van der Waals surface area contributed by atoms with Crippen molar-refractivity contribution < 1.29 is 24.0 Å². The number of carbonyl (C=O) groups excluding carboxylic acids is 1. The largest absolute Gasteiger partial charge is 0.497 e. The van der Waals surface area contributed by atoms with Crippen LogP contribution in [0.4, 0.5) is 4.79 Å². The lowest BCUT2D eigenvalue weighted by Crippen LogP contribution is -2.84. The second kappa shape index (κ2) is 4.43. The smallest absolute Gasteiger partial charge is 0.280 e. The number of amides is 1. The number of fused-ring (bicyclic) bond motifs is 2. The average molecular weight is 257 g/mol. The number of rotatable bonds is 2. The van der Waals surface area contributed by atoms with E-state index in [1.54, 1.807) is 7.11 Å². The highest BCUT2D eigenvalue weighted by atomic mass is 16.6. The predicted octanol–water partition coefficient (Wildman–Crippen LogP) is -1.54. The number of carbonyl (C=O) groups is 1. The molecule has 102 valence electrons. The van der Waals surface area contributed by atoms with E-state index in [0.717, 1.165) is 19.5 Å². The van der Waals surface area contributed by atoms with Crippen molar-refractivity contribution in [2.75, 3.05) is 33.4 Å². The van der Waals surface area contributed by atoms with Gasteiger partial charge in [0.1, 0.15) is 12.6 Å². The Morgan fingerprint density at radius 1 is 1.61 bits per heavy atom. The van der Waals surface area contributed by atoms with Gasteiger partial charge in [0, 0.05) is 13.5 Å². The van der Waals surface area contributed by atoms with E-state index < -0.39 is 12.3 Å². The van der Waals surface area contributed by atoms with Crippen LogP contribution in [0.2, 0.25) is 0 Å². The normalized spacial score (nSPS) is 44.4. The van der Waals surface area contributed by atoms with Crippen LogP contribution in [-0.2, 0) is 9.47 Å². The Labute approximate surface area is 106 Å². The lowest BCUT2D eigenvalue weighted by Gasteiger charge is -2.60. The summed E-state index contributed by atoms with van der Waals surface area (Å²) in [6.07, 6.45) is -0.0231. The van der Waals surface area contributed by atoms with E-state index in [-0.39, 0.29) is 16.8 Å². The molecule has 7 nitrogen and oxygen atoms in total. The van der Waals surface area contributed by atoms with Crippen LogP contribution < -0.4 is 10.4 Å². The summed E-state index contributed by atoms with van der Waals surface area (Å²) >= 11 is 0. The van der Waals surface area contributed by atoms with Gasteiger partial charge in [0.2, 0.25) is 6.23 Å². The number of methoxy groups -OCH3 is 1. The summed E-state index contributed by atoms with van der Waals surface area (Å²) in [6.45, 7) is 2.74. The van der Waals surface area contributed by atoms with Gasteiger partial charge in [-0.1, -0.05) is 0 Å². The molecule has 4 rings (SSSR count). The van der Waals surface area contributed by atoms with Gasteiger partial charge in [-0.25, -0.2) is 0 Å². The van der Waals surface area contributed by atoms with Crippen LogP contribution >= 0.6 is 0 Å². The fourth-order valence-corrected chi connectivity index (χ4v) is 3.31. The third-order valence-electron chi connectivity index (χ3n) is 4.29. The monoisotopic (exact) mass is 257 g/mol. The highest BCUT2D eigenvalue weighted by molar-refractivity contribution is 5.54. The zero-order valence-electron chi connectivity index (χ0n) is 10.5. The molecule has 0 aliphatic carbocycles. The molecule has 2 bridgehead atoms. The molecule has 4 saturated heterocycles. The van der Waals surface area contributed by atoms with Crippen molar-refractivity contribution in [1.29, 1.82) is 0 Å². The van der Waals surface area contributed by atoms with Crippen LogP contribution in [0.1, 0.15) is 12.8 Å². The summed E-state index contributed by atoms with van der Waals surface area (Å²) in [6, 6.07) is 0. The molecule has 4 heterocycles. The Hall–Kier alpha value is -0.730. The summed E-state index contributed by atoms with van der Waals surface area (Å²) in [5, 5.41) is 16.8. The lowest BCUT2D eigenvalue weighted by atomic mass is 9.95. The van der Waals surface area contributed by atoms with Gasteiger partial charge in [-0.3, -0.25) is 5.32 Å². The van der Waals surface area contributed by atoms with E-state index in [1.165, 1.54) is 0 Å². The number of carboxylic acid groups (broad SMARTS) is 1. The van der Waals surface area contributed by atoms with Gasteiger partial charge >= 0.3 is 0 Å². The molecule has 4 aliphatic heterocycles. The minimum Gasteiger partial charge on any atom is -0.497 e. The van der Waals surface area contributed by atoms with Gasteiger partial charge in [0.15, 0.2) is 6.10 Å². The molecule has 0 aromatic heterocycles. The molecule has 0 spiro atoms. The van der Waals surface area contributed by atoms with E-state index in [2.05, 4.69) is 5.32 Å². The Balaban J connectivity index is 1.88. The molecular weight excluding hydrogens is 238 g/mol. The molecule has 4 aliphatic rings. The van der Waals surface area contributed by atoms with E-state index >= 15 is 0 Å². The molecule has 4 fully saturated rings. The fraction of sp³-hybridized carbons (Fsp3) is 0.909. The van der Waals surface area contributed by atoms with Crippen LogP contribution in [0.3, 0.4) is 0 Å². The maximum atomic E-state index is 11.7. The van der Waals surface area contributed by atoms with Gasteiger partial charge in [-0.05, 0) is 13.0 Å². The molecule has 4 atom stereocenters. The molecule has 0 aromatic rings. The van der Waals surface area contributed by atoms with Crippen LogP contribution in [0.5, 0.6) is 0 Å². The molecule has 0 radical (unpaired) electrons. The zero-order chi connectivity index (χ0) is 12.8. The van der Waals surface area contributed by atoms with Gasteiger partial charge in [0.05, 0.1) is 13.2 Å². The van der Waals surface area contributed by atoms with Crippen molar-refractivity contribution >= 4 is 6.09 Å². The Bertz CT molecular complexity index is 338. The number of piperidine rings is 1. The molecule has 1 amide bonds. The minimum absolute atomic E-state index is 0.0448. The van der Waals surface area contributed by atoms with Crippen LogP contribution in [0.15, 0.2) is 0 Å². The first-order chi connectivity index (χ1) is 8.70. The number of nitrogens with zero attached hydrogens (tertiary/aromatic N) is 2. The first-order valence-corrected chi connectivity index (χ1v) is 6.44. The quantitative estimate of drug-likeness (QED) is 0.604. The summed E-state index contributed by atoms with van der Waals surface area (Å²) in [5.74, 6) is 0. The first-order valence-electron chi connectivity index (χ1n) is 6.44. The van der Waals surface area contributed by atoms with Crippen molar-refractivity contribution in [3.05, 3.63) is 0 Å². The SMILES string of the molecule is COC1C2CC[N+](C(=O)[O-])(N3CCCNC3)C1O2. The number of ether oxygens (including phenoxy) is 2. The predicted molar refractivity (Wildman–Crippen MR) is 58.8 cm³/mol. The highest BCUT2D eigenvalue weighted by Gasteiger charge is 2.64. The number of quaternary nitrogens is 1. The van der Waals surface area contributed by atoms with E-state index in [4.69, 9.17) is 9.47 Å². The van der Waals surface area contributed by atoms with Gasteiger partial charge < -0.3 is 19.4 Å². The third-order valence-corrected chi connectivity index (χ3v) is 4.29. The Morgan fingerprint density at radius 2 is 2.44 bits per heavy atom. The number of nitrogens with one attached hydrogen (secondary N) is 1. The zero-order valence-corrected chi connectivity index (χ0v) is 10.5. The topological polar surface area (TPSA) is 73.9 Å². The number of hydrogen-bond acceptors (Lipinski definition) is 6. The average Bonchev–Trinajstić information content (AvgIpc) is 2.39. The van der Waals surface area contributed by atoms with Crippen molar-refractivity contribution in [2.24, 2.45) is 0 Å². The van der Waals surface area contributed by atoms with Gasteiger partial charge in [0.25, 0.3) is 6.09 Å². The fourth-order valence-electron chi connectivity index (χ4n) is 3.31. The Morgan fingerprint density at radius 3 is 3.00 bits per heavy atom. The maximum absolute atomic E-state index is 11.7. The van der Waals surface area contributed by atoms with Crippen molar-refractivity contribution in [3.8, 4) is 0 Å². The number of hydrogen-bond donors (Lipinski definition) is 1. The molecule has 18 heavy (non-hydrogen) atoms. The maximum Gasteiger partial charge on any atom is 0.280 e. The second-order valence-corrected chi connectivity index (χ2v) is 5.11. The molecule has 1 N–H and O–H groups in total. The van der Waals surface area contributed by atoms with E-state index in [9.17, 15) is 9.90 Å². The van der Waals surface area contributed by atoms with Gasteiger partial charge in [-0.2, -0.15) is 4.59 Å². The van der Waals surface area contributed by atoms with E-state index in [0.29, 0.717) is 19.6 Å². The van der Waals surface area contributed by atoms with E-state index in [1.807, 2.05) is 5.01 Å². The summed E-state index contributed by atoms with van der Waals surface area (Å²) < 4.78 is 10.8. The van der Waals surface area contributed by atoms with Crippen molar-refractivity contribution in [1.82, 2.24) is 10.3 Å². The molecule has 4 unspecified atom stereocenters. The lowest BCUT2D eigenvalue weighted by molar-refractivity contribution is -1.05. The van der Waals surface area contributed by atoms with Crippen molar-refractivity contribution in [3.63, 3.8) is 0 Å². The van der Waals surface area contributed by atoms with Crippen LogP contribution in [0, 0.1) is 0 Å². The summed E-state index contributed by atoms with van der Waals surface area (Å²) in [7, 11) is 1.61. The first kappa shape index (κ1) is 12.3. The minimum atomic E-state index is -1.09. The standard InChI is InChI=1S/C11H19N3O4/c1-17-9-8-3-6-14(11(15)16,10(9)18-8)13-5-2-4-12-7-13/h8-10,12H,2-7H2,1H3. The molecule has 0 saturated carbocycles. The van der Waals surface area contributed by atoms with Crippen LogP contribution in [-0.4, -0.2) is 67.5 Å². The molecule has 0 aromatic carbocycles. The molecular formula is C11H19N3O4. The molecule has 7 heteroatoms. The highest BCUT2D eigenvalue weighted by Crippen LogP contribution is 2.41. The van der Waals surface area contributed by atoms with Crippen molar-refractivity contribution in [2.45, 2.75) is 31.3 Å². The third kappa shape index (κ3) is 1.52.